The molecule has 1 aromatic heterocycles. The van der Waals surface area contributed by atoms with Crippen molar-refractivity contribution in [3.8, 4) is 28.6 Å². The zero-order valence-corrected chi connectivity index (χ0v) is 19.9. The summed E-state index contributed by atoms with van der Waals surface area (Å²) in [6.07, 6.45) is 4.21. The summed E-state index contributed by atoms with van der Waals surface area (Å²) in [4.78, 5) is 13.4. The molecule has 2 N–H and O–H groups in total. The van der Waals surface area contributed by atoms with Crippen molar-refractivity contribution in [2.24, 2.45) is 0 Å². The van der Waals surface area contributed by atoms with Crippen molar-refractivity contribution in [1.29, 1.82) is 0 Å². The fourth-order valence-electron chi connectivity index (χ4n) is 3.51. The molecule has 3 rings (SSSR count). The molecule has 3 aromatic rings. The summed E-state index contributed by atoms with van der Waals surface area (Å²) in [6.45, 7) is 7.61. The molecule has 5 nitrogen and oxygen atoms in total. The van der Waals surface area contributed by atoms with Crippen LogP contribution in [0.25, 0.3) is 22.3 Å². The van der Waals surface area contributed by atoms with Crippen LogP contribution in [0.4, 0.5) is 4.39 Å². The average Bonchev–Trinajstić information content (AvgIpc) is 2.74. The molecule has 0 aliphatic heterocycles. The highest BCUT2D eigenvalue weighted by Gasteiger charge is 2.26. The Morgan fingerprint density at radius 3 is 2.21 bits per heavy atom. The molecule has 0 aliphatic carbocycles. The second-order valence-corrected chi connectivity index (χ2v) is 8.66. The van der Waals surface area contributed by atoms with Crippen molar-refractivity contribution >= 4 is 22.6 Å². The number of fused-ring (bicyclic) bond motifs is 1. The highest BCUT2D eigenvalue weighted by molar-refractivity contribution is 6.30. The minimum absolute atomic E-state index is 0.0135. The van der Waals surface area contributed by atoms with E-state index in [1.807, 2.05) is 39.8 Å². The third-order valence-corrected chi connectivity index (χ3v) is 5.56. The number of benzene rings is 2. The van der Waals surface area contributed by atoms with Gasteiger partial charge in [0.2, 0.25) is 11.2 Å². The third kappa shape index (κ3) is 4.76. The quantitative estimate of drug-likeness (QED) is 0.391. The minimum Gasteiger partial charge on any atom is -0.507 e. The Morgan fingerprint density at radius 1 is 1.06 bits per heavy atom. The van der Waals surface area contributed by atoms with Gasteiger partial charge in [-0.3, -0.25) is 4.79 Å². The molecule has 0 saturated carbocycles. The lowest BCUT2D eigenvalue weighted by Gasteiger charge is -2.16. The second kappa shape index (κ2) is 9.71. The van der Waals surface area contributed by atoms with Crippen molar-refractivity contribution in [2.75, 3.05) is 7.11 Å². The average molecular weight is 473 g/mol. The number of phenols is 2. The van der Waals surface area contributed by atoms with Crippen LogP contribution in [0, 0.1) is 5.82 Å². The van der Waals surface area contributed by atoms with E-state index in [0.29, 0.717) is 5.56 Å². The van der Waals surface area contributed by atoms with Gasteiger partial charge in [-0.2, -0.15) is 0 Å². The number of rotatable bonds is 6. The van der Waals surface area contributed by atoms with Gasteiger partial charge in [0.15, 0.2) is 5.76 Å². The number of phenolic OH excluding ortho intramolecular Hbond substituents is 2. The lowest BCUT2D eigenvalue weighted by Crippen LogP contribution is -2.10. The van der Waals surface area contributed by atoms with Crippen LogP contribution in [0.1, 0.15) is 38.8 Å². The van der Waals surface area contributed by atoms with E-state index in [9.17, 15) is 19.4 Å². The molecule has 1 heterocycles. The van der Waals surface area contributed by atoms with Crippen molar-refractivity contribution in [2.45, 2.75) is 40.5 Å². The topological polar surface area (TPSA) is 79.9 Å². The summed E-state index contributed by atoms with van der Waals surface area (Å²) in [5.74, 6) is -1.43. The molecule has 33 heavy (non-hydrogen) atoms. The molecule has 174 valence electrons. The van der Waals surface area contributed by atoms with E-state index in [-0.39, 0.29) is 63.0 Å². The molecule has 0 saturated heterocycles. The number of ether oxygens (including phenoxy) is 1. The molecule has 0 bridgehead atoms. The van der Waals surface area contributed by atoms with E-state index in [1.54, 1.807) is 0 Å². The maximum Gasteiger partial charge on any atom is 0.239 e. The normalized spacial score (nSPS) is 10.9. The first-order chi connectivity index (χ1) is 15.6. The van der Waals surface area contributed by atoms with E-state index >= 15 is 0 Å². The molecule has 0 aliphatic rings. The van der Waals surface area contributed by atoms with Crippen molar-refractivity contribution < 1.29 is 23.8 Å². The van der Waals surface area contributed by atoms with Gasteiger partial charge in [-0.05, 0) is 58.7 Å². The van der Waals surface area contributed by atoms with Crippen LogP contribution in [-0.4, -0.2) is 17.3 Å². The van der Waals surface area contributed by atoms with E-state index in [1.165, 1.54) is 19.2 Å². The molecule has 0 radical (unpaired) electrons. The fraction of sp³-hybridized carbons (Fsp3) is 0.269. The van der Waals surface area contributed by atoms with Crippen molar-refractivity contribution in [3.05, 3.63) is 73.7 Å². The van der Waals surface area contributed by atoms with Gasteiger partial charge in [-0.15, -0.1) is 0 Å². The van der Waals surface area contributed by atoms with Crippen LogP contribution in [0.3, 0.4) is 0 Å². The van der Waals surface area contributed by atoms with Gasteiger partial charge in [0.25, 0.3) is 0 Å². The highest BCUT2D eigenvalue weighted by Crippen LogP contribution is 2.43. The Bertz CT molecular complexity index is 1340. The number of methoxy groups -OCH3 is 1. The van der Waals surface area contributed by atoms with Gasteiger partial charge in [-0.25, -0.2) is 4.39 Å². The maximum absolute atomic E-state index is 14.1. The number of allylic oxidation sites excluding steroid dienone is 4. The smallest absolute Gasteiger partial charge is 0.239 e. The second-order valence-electron chi connectivity index (χ2n) is 8.25. The van der Waals surface area contributed by atoms with Crippen LogP contribution in [-0.2, 0) is 12.8 Å². The number of aromatic hydroxyl groups is 2. The summed E-state index contributed by atoms with van der Waals surface area (Å²) in [5.41, 5.74) is 2.17. The van der Waals surface area contributed by atoms with E-state index in [4.69, 9.17) is 20.8 Å². The number of hydrogen-bond acceptors (Lipinski definition) is 5. The fourth-order valence-corrected chi connectivity index (χ4v) is 3.62. The number of hydrogen-bond donors (Lipinski definition) is 2. The van der Waals surface area contributed by atoms with Gasteiger partial charge >= 0.3 is 0 Å². The molecule has 0 atom stereocenters. The van der Waals surface area contributed by atoms with Gasteiger partial charge in [0.05, 0.1) is 12.1 Å². The Balaban J connectivity index is 2.47. The largest absolute Gasteiger partial charge is 0.507 e. The maximum atomic E-state index is 14.1. The summed E-state index contributed by atoms with van der Waals surface area (Å²) >= 11 is 5.80. The first-order valence-electron chi connectivity index (χ1n) is 10.4. The summed E-state index contributed by atoms with van der Waals surface area (Å²) in [7, 11) is 1.29. The van der Waals surface area contributed by atoms with Gasteiger partial charge in [0.1, 0.15) is 28.3 Å². The van der Waals surface area contributed by atoms with Gasteiger partial charge in [-0.1, -0.05) is 34.9 Å². The van der Waals surface area contributed by atoms with Gasteiger partial charge < -0.3 is 19.4 Å². The predicted octanol–water partition coefficient (Wildman–Crippen LogP) is 6.69. The SMILES string of the molecule is COc1c(-c2ccc(Cl)c(F)c2)oc2c(CC=C(C)C)c(O)c(CC=C(C)C)c(O)c2c1=O. The van der Waals surface area contributed by atoms with E-state index in [0.717, 1.165) is 17.2 Å². The van der Waals surface area contributed by atoms with Crippen molar-refractivity contribution in [1.82, 2.24) is 0 Å². The molecule has 0 unspecified atom stereocenters. The van der Waals surface area contributed by atoms with E-state index < -0.39 is 11.2 Å². The standard InChI is InChI=1S/C26H26ClFO5/c1-13(2)6-9-16-21(29)17(10-7-14(3)4)25-20(22(16)30)23(31)26(32-5)24(33-25)15-8-11-18(27)19(28)12-15/h6-8,11-12,29-30H,9-10H2,1-5H3. The van der Waals surface area contributed by atoms with E-state index in [2.05, 4.69) is 0 Å². The Kier molecular flexibility index (Phi) is 7.18. The lowest BCUT2D eigenvalue weighted by molar-refractivity contribution is 0.396. The Morgan fingerprint density at radius 2 is 1.67 bits per heavy atom. The first-order valence-corrected chi connectivity index (χ1v) is 10.8. The van der Waals surface area contributed by atoms with Crippen LogP contribution >= 0.6 is 11.6 Å². The molecular formula is C26H26ClFO5. The molecule has 0 amide bonds. The molecule has 0 fully saturated rings. The zero-order chi connectivity index (χ0) is 24.4. The highest BCUT2D eigenvalue weighted by atomic mass is 35.5. The molecular weight excluding hydrogens is 447 g/mol. The summed E-state index contributed by atoms with van der Waals surface area (Å²) < 4.78 is 25.5. The molecule has 0 spiro atoms. The predicted molar refractivity (Wildman–Crippen MR) is 129 cm³/mol. The first kappa shape index (κ1) is 24.4. The van der Waals surface area contributed by atoms with Gasteiger partial charge in [0, 0.05) is 16.7 Å². The lowest BCUT2D eigenvalue weighted by atomic mass is 9.96. The van der Waals surface area contributed by atoms with Crippen LogP contribution < -0.4 is 10.2 Å². The Hall–Kier alpha value is -3.25. The van der Waals surface area contributed by atoms with Crippen molar-refractivity contribution in [3.63, 3.8) is 0 Å². The molecule has 7 heteroatoms. The zero-order valence-electron chi connectivity index (χ0n) is 19.2. The van der Waals surface area contributed by atoms with Crippen LogP contribution in [0.5, 0.6) is 17.2 Å². The van der Waals surface area contributed by atoms with Crippen LogP contribution in [0.2, 0.25) is 5.02 Å². The third-order valence-electron chi connectivity index (χ3n) is 5.25. The minimum atomic E-state index is -0.688. The summed E-state index contributed by atoms with van der Waals surface area (Å²) in [6, 6.07) is 3.97. The van der Waals surface area contributed by atoms with Crippen LogP contribution in [0.15, 0.2) is 50.7 Å². The Labute approximate surface area is 196 Å². The number of halogens is 2. The monoisotopic (exact) mass is 472 g/mol. The molecule has 2 aromatic carbocycles. The summed E-state index contributed by atoms with van der Waals surface area (Å²) in [5, 5.41) is 21.9.